The molecule has 0 aliphatic carbocycles. The maximum absolute atomic E-state index is 14.3. The monoisotopic (exact) mass is 659 g/mol. The highest BCUT2D eigenvalue weighted by molar-refractivity contribution is 6.08. The molecule has 15 heteroatoms. The molecule has 1 aliphatic rings. The summed E-state index contributed by atoms with van der Waals surface area (Å²) in [4.78, 5) is 42.9. The number of nitrogens with zero attached hydrogens (tertiary/aromatic N) is 4. The molecule has 47 heavy (non-hydrogen) atoms. The van der Waals surface area contributed by atoms with E-state index in [4.69, 9.17) is 15.2 Å². The molecule has 1 aromatic heterocycles. The van der Waals surface area contributed by atoms with Crippen LogP contribution >= 0.6 is 0 Å². The van der Waals surface area contributed by atoms with Crippen LogP contribution < -0.4 is 26.0 Å². The molecular weight excluding hydrogens is 619 g/mol. The van der Waals surface area contributed by atoms with Crippen molar-refractivity contribution in [1.29, 1.82) is 0 Å². The van der Waals surface area contributed by atoms with Gasteiger partial charge in [0, 0.05) is 37.5 Å². The number of rotatable bonds is 14. The van der Waals surface area contributed by atoms with Crippen molar-refractivity contribution >= 4 is 23.4 Å². The fourth-order valence-electron chi connectivity index (χ4n) is 5.19. The van der Waals surface area contributed by atoms with Crippen molar-refractivity contribution in [3.05, 3.63) is 70.5 Å². The molecule has 2 aromatic carbocycles. The van der Waals surface area contributed by atoms with E-state index in [-0.39, 0.29) is 53.9 Å². The first kappa shape index (κ1) is 35.4. The van der Waals surface area contributed by atoms with Crippen LogP contribution in [0.1, 0.15) is 68.6 Å². The van der Waals surface area contributed by atoms with Crippen LogP contribution in [0.15, 0.2) is 42.5 Å². The molecule has 2 heterocycles. The lowest BCUT2D eigenvalue weighted by atomic mass is 10.0. The lowest BCUT2D eigenvalue weighted by Crippen LogP contribution is -2.40. The molecule has 1 atom stereocenters. The van der Waals surface area contributed by atoms with Gasteiger partial charge in [-0.2, -0.15) is 18.3 Å². The Balaban J connectivity index is 1.76. The summed E-state index contributed by atoms with van der Waals surface area (Å²) in [7, 11) is 4.61. The topological polar surface area (TPSA) is 144 Å². The van der Waals surface area contributed by atoms with Gasteiger partial charge in [0.2, 0.25) is 0 Å². The van der Waals surface area contributed by atoms with E-state index in [2.05, 4.69) is 15.7 Å². The van der Waals surface area contributed by atoms with E-state index in [0.29, 0.717) is 37.2 Å². The van der Waals surface area contributed by atoms with Crippen molar-refractivity contribution in [2.45, 2.75) is 45.0 Å². The molecular formula is C32H40F3N7O5. The number of halogens is 3. The number of methoxy groups -OCH3 is 1. The summed E-state index contributed by atoms with van der Waals surface area (Å²) in [6.07, 6.45) is -3.97. The second-order valence-electron chi connectivity index (χ2n) is 11.1. The van der Waals surface area contributed by atoms with Crippen molar-refractivity contribution in [1.82, 2.24) is 25.3 Å². The zero-order valence-electron chi connectivity index (χ0n) is 26.8. The standard InChI is InChI=1S/C32H40F3N7O5/c1-5-16-37-19-47-26(7-6-15-36)38-29(43)24-18-22(46-4)12-13-25(24)42-27-23(28(39-42)32(33,34)35)14-17-41(31(27)45)21-10-8-20(9-11-21)30(44)40(2)3/h8-13,18,26,37H,5-7,14-17,19,36H2,1-4H3,(H,38,43)/t26-/m1/s1. The van der Waals surface area contributed by atoms with E-state index in [1.807, 2.05) is 6.92 Å². The number of benzene rings is 2. The number of alkyl halides is 3. The highest BCUT2D eigenvalue weighted by Crippen LogP contribution is 2.38. The van der Waals surface area contributed by atoms with Gasteiger partial charge in [-0.15, -0.1) is 0 Å². The lowest BCUT2D eigenvalue weighted by Gasteiger charge is -2.28. The second kappa shape index (κ2) is 15.4. The number of anilines is 1. The number of carbonyl (C=O) groups excluding carboxylic acids is 3. The Bertz CT molecular complexity index is 1570. The van der Waals surface area contributed by atoms with Gasteiger partial charge in [0.15, 0.2) is 5.69 Å². The Morgan fingerprint density at radius 1 is 1.15 bits per heavy atom. The summed E-state index contributed by atoms with van der Waals surface area (Å²) in [6.45, 7) is 3.16. The van der Waals surface area contributed by atoms with Gasteiger partial charge in [0.25, 0.3) is 17.7 Å². The van der Waals surface area contributed by atoms with Gasteiger partial charge in [-0.3, -0.25) is 19.7 Å². The van der Waals surface area contributed by atoms with Gasteiger partial charge in [-0.05, 0) is 81.2 Å². The Morgan fingerprint density at radius 3 is 2.49 bits per heavy atom. The van der Waals surface area contributed by atoms with Crippen molar-refractivity contribution in [2.24, 2.45) is 5.73 Å². The first-order chi connectivity index (χ1) is 22.4. The SMILES string of the molecule is CCCNCO[C@H](CCCN)NC(=O)c1cc(OC)ccc1-n1nc(C(F)(F)F)c2c1C(=O)N(c1ccc(C(=O)N(C)C)cc1)CC2. The number of hydrogen-bond donors (Lipinski definition) is 3. The number of hydrogen-bond acceptors (Lipinski definition) is 8. The predicted octanol–water partition coefficient (Wildman–Crippen LogP) is 3.57. The molecule has 0 spiro atoms. The van der Waals surface area contributed by atoms with Crippen molar-refractivity contribution in [3.8, 4) is 11.4 Å². The molecule has 1 aliphatic heterocycles. The molecule has 0 saturated heterocycles. The van der Waals surface area contributed by atoms with E-state index in [1.165, 1.54) is 35.1 Å². The summed E-state index contributed by atoms with van der Waals surface area (Å²) >= 11 is 0. The van der Waals surface area contributed by atoms with Crippen LogP contribution in [0.4, 0.5) is 18.9 Å². The summed E-state index contributed by atoms with van der Waals surface area (Å²) in [5.41, 5.74) is 4.51. The second-order valence-corrected chi connectivity index (χ2v) is 11.1. The van der Waals surface area contributed by atoms with Gasteiger partial charge < -0.3 is 30.3 Å². The van der Waals surface area contributed by atoms with Gasteiger partial charge >= 0.3 is 6.18 Å². The van der Waals surface area contributed by atoms with E-state index in [0.717, 1.165) is 11.1 Å². The molecule has 12 nitrogen and oxygen atoms in total. The maximum Gasteiger partial charge on any atom is 0.435 e. The summed E-state index contributed by atoms with van der Waals surface area (Å²) in [6, 6.07) is 10.4. The van der Waals surface area contributed by atoms with Gasteiger partial charge in [-0.25, -0.2) is 4.68 Å². The average molecular weight is 660 g/mol. The largest absolute Gasteiger partial charge is 0.497 e. The average Bonchev–Trinajstić information content (AvgIpc) is 3.46. The van der Waals surface area contributed by atoms with Crippen molar-refractivity contribution in [2.75, 3.05) is 52.5 Å². The zero-order valence-corrected chi connectivity index (χ0v) is 26.8. The fraction of sp³-hybridized carbons (Fsp3) is 0.438. The number of ether oxygens (including phenoxy) is 2. The third kappa shape index (κ3) is 8.10. The van der Waals surface area contributed by atoms with Crippen LogP contribution in [-0.2, 0) is 17.3 Å². The van der Waals surface area contributed by atoms with E-state index in [9.17, 15) is 27.6 Å². The molecule has 0 unspecified atom stereocenters. The van der Waals surface area contributed by atoms with Crippen LogP contribution in [0.5, 0.6) is 5.75 Å². The van der Waals surface area contributed by atoms with E-state index < -0.39 is 29.9 Å². The minimum atomic E-state index is -4.87. The molecule has 3 aromatic rings. The minimum Gasteiger partial charge on any atom is -0.497 e. The summed E-state index contributed by atoms with van der Waals surface area (Å²) in [5.74, 6) is -1.39. The van der Waals surface area contributed by atoms with E-state index >= 15 is 0 Å². The fourth-order valence-corrected chi connectivity index (χ4v) is 5.19. The first-order valence-electron chi connectivity index (χ1n) is 15.3. The quantitative estimate of drug-likeness (QED) is 0.176. The number of fused-ring (bicyclic) bond motifs is 1. The van der Waals surface area contributed by atoms with Crippen LogP contribution in [0.2, 0.25) is 0 Å². The maximum atomic E-state index is 14.3. The first-order valence-corrected chi connectivity index (χ1v) is 15.3. The molecule has 4 N–H and O–H groups in total. The molecule has 0 fully saturated rings. The lowest BCUT2D eigenvalue weighted by molar-refractivity contribution is -0.141. The Labute approximate surface area is 271 Å². The van der Waals surface area contributed by atoms with Crippen molar-refractivity contribution < 1.29 is 37.0 Å². The summed E-state index contributed by atoms with van der Waals surface area (Å²) < 4.78 is 54.9. The van der Waals surface area contributed by atoms with Crippen LogP contribution in [-0.4, -0.2) is 86.2 Å². The smallest absolute Gasteiger partial charge is 0.435 e. The molecule has 0 radical (unpaired) electrons. The number of nitrogens with one attached hydrogen (secondary N) is 2. The number of nitrogens with two attached hydrogens (primary N) is 1. The van der Waals surface area contributed by atoms with Crippen LogP contribution in [0.25, 0.3) is 5.69 Å². The van der Waals surface area contributed by atoms with Crippen LogP contribution in [0.3, 0.4) is 0 Å². The molecule has 254 valence electrons. The molecule has 3 amide bonds. The van der Waals surface area contributed by atoms with Gasteiger partial charge in [-0.1, -0.05) is 6.92 Å². The van der Waals surface area contributed by atoms with Crippen molar-refractivity contribution in [3.63, 3.8) is 0 Å². The van der Waals surface area contributed by atoms with E-state index in [1.54, 1.807) is 38.4 Å². The number of aromatic nitrogens is 2. The number of amides is 3. The highest BCUT2D eigenvalue weighted by atomic mass is 19.4. The van der Waals surface area contributed by atoms with Gasteiger partial charge in [0.1, 0.15) is 17.7 Å². The number of carbonyl (C=O) groups is 3. The summed E-state index contributed by atoms with van der Waals surface area (Å²) in [5, 5.41) is 9.76. The predicted molar refractivity (Wildman–Crippen MR) is 169 cm³/mol. The van der Waals surface area contributed by atoms with Crippen LogP contribution in [0, 0.1) is 0 Å². The Morgan fingerprint density at radius 2 is 1.87 bits per heavy atom. The molecule has 0 saturated carbocycles. The molecule has 0 bridgehead atoms. The van der Waals surface area contributed by atoms with Gasteiger partial charge in [0.05, 0.1) is 25.1 Å². The third-order valence-electron chi connectivity index (χ3n) is 7.57. The Kier molecular flexibility index (Phi) is 11.6. The minimum absolute atomic E-state index is 0.0518. The zero-order chi connectivity index (χ0) is 34.3. The highest BCUT2D eigenvalue weighted by Gasteiger charge is 2.44. The Hall–Kier alpha value is -4.47. The third-order valence-corrected chi connectivity index (χ3v) is 7.57. The molecule has 4 rings (SSSR count). The normalized spacial score (nSPS) is 13.7.